The van der Waals surface area contributed by atoms with E-state index < -0.39 is 5.97 Å². The first-order valence-corrected chi connectivity index (χ1v) is 2.40. The van der Waals surface area contributed by atoms with E-state index in [9.17, 15) is 4.79 Å². The highest BCUT2D eigenvalue weighted by atomic mass is 16.5. The van der Waals surface area contributed by atoms with E-state index in [1.807, 2.05) is 0 Å². The number of hydrogen-bond donors (Lipinski definition) is 2. The van der Waals surface area contributed by atoms with Crippen LogP contribution in [0.4, 0.5) is 0 Å². The van der Waals surface area contributed by atoms with Crippen LogP contribution in [-0.2, 0) is 9.53 Å². The average molecular weight is 144 g/mol. The van der Waals surface area contributed by atoms with Crippen molar-refractivity contribution >= 4 is 17.4 Å². The predicted molar refractivity (Wildman–Crippen MR) is 29.4 cm³/mol. The third-order valence-electron chi connectivity index (χ3n) is 1.03. The Morgan fingerprint density at radius 1 is 1.40 bits per heavy atom. The first kappa shape index (κ1) is 6.53. The smallest absolute Gasteiger partial charge is 0.362 e. The lowest BCUT2D eigenvalue weighted by Crippen LogP contribution is -2.14. The molecule has 0 spiro atoms. The molecular formula is C4H4N2O4. The number of nitrogens with zero attached hydrogens (tertiary/aromatic N) is 2. The minimum absolute atomic E-state index is 0.0625. The van der Waals surface area contributed by atoms with Gasteiger partial charge in [0.15, 0.2) is 5.71 Å². The van der Waals surface area contributed by atoms with Crippen LogP contribution in [0, 0.1) is 0 Å². The Balaban J connectivity index is 2.95. The molecule has 6 nitrogen and oxygen atoms in total. The standard InChI is InChI=1S/C4H4N2O4/c7-4-3(6-9)2(5-8)1-10-4/h8-9H,1H2. The molecule has 0 unspecified atom stereocenters. The number of hydrogen-bond acceptors (Lipinski definition) is 6. The molecule has 0 atom stereocenters. The fourth-order valence-corrected chi connectivity index (χ4v) is 0.563. The van der Waals surface area contributed by atoms with Crippen LogP contribution in [0.2, 0.25) is 0 Å². The van der Waals surface area contributed by atoms with Crippen molar-refractivity contribution in [1.82, 2.24) is 0 Å². The predicted octanol–water partition coefficient (Wildman–Crippen LogP) is -0.796. The molecule has 0 aliphatic carbocycles. The Kier molecular flexibility index (Phi) is 1.53. The van der Waals surface area contributed by atoms with Crippen molar-refractivity contribution in [3.05, 3.63) is 0 Å². The molecule has 1 heterocycles. The number of cyclic esters (lactones) is 1. The van der Waals surface area contributed by atoms with E-state index in [0.717, 1.165) is 0 Å². The maximum atomic E-state index is 10.5. The van der Waals surface area contributed by atoms with Crippen molar-refractivity contribution in [2.75, 3.05) is 6.61 Å². The lowest BCUT2D eigenvalue weighted by Gasteiger charge is -1.82. The second-order valence-corrected chi connectivity index (χ2v) is 1.57. The van der Waals surface area contributed by atoms with Crippen molar-refractivity contribution in [3.63, 3.8) is 0 Å². The van der Waals surface area contributed by atoms with Gasteiger partial charge < -0.3 is 15.2 Å². The summed E-state index contributed by atoms with van der Waals surface area (Å²) >= 11 is 0. The van der Waals surface area contributed by atoms with Gasteiger partial charge in [-0.15, -0.1) is 0 Å². The van der Waals surface area contributed by atoms with Gasteiger partial charge in [-0.25, -0.2) is 4.79 Å². The van der Waals surface area contributed by atoms with Gasteiger partial charge in [0.25, 0.3) is 0 Å². The number of oxime groups is 2. The molecule has 1 rings (SSSR count). The second kappa shape index (κ2) is 2.34. The van der Waals surface area contributed by atoms with Crippen LogP contribution in [0.3, 0.4) is 0 Å². The number of carbonyl (C=O) groups excluding carboxylic acids is 1. The van der Waals surface area contributed by atoms with Gasteiger partial charge in [0.1, 0.15) is 6.61 Å². The molecule has 10 heavy (non-hydrogen) atoms. The number of esters is 1. The van der Waals surface area contributed by atoms with Gasteiger partial charge in [0.05, 0.1) is 0 Å². The highest BCUT2D eigenvalue weighted by molar-refractivity contribution is 6.68. The molecule has 0 saturated carbocycles. The lowest BCUT2D eigenvalue weighted by molar-refractivity contribution is -0.132. The summed E-state index contributed by atoms with van der Waals surface area (Å²) in [5.74, 6) is -0.782. The minimum atomic E-state index is -0.782. The van der Waals surface area contributed by atoms with Crippen LogP contribution >= 0.6 is 0 Å². The van der Waals surface area contributed by atoms with Crippen LogP contribution < -0.4 is 0 Å². The topological polar surface area (TPSA) is 91.5 Å². The summed E-state index contributed by atoms with van der Waals surface area (Å²) in [6, 6.07) is 0. The van der Waals surface area contributed by atoms with Crippen LogP contribution in [0.1, 0.15) is 0 Å². The van der Waals surface area contributed by atoms with E-state index in [4.69, 9.17) is 10.4 Å². The van der Waals surface area contributed by atoms with E-state index in [0.29, 0.717) is 0 Å². The zero-order valence-corrected chi connectivity index (χ0v) is 4.81. The van der Waals surface area contributed by atoms with E-state index in [1.54, 1.807) is 0 Å². The molecule has 2 N–H and O–H groups in total. The van der Waals surface area contributed by atoms with Crippen molar-refractivity contribution in [2.24, 2.45) is 10.3 Å². The lowest BCUT2D eigenvalue weighted by atomic mass is 10.3. The molecule has 0 radical (unpaired) electrons. The van der Waals surface area contributed by atoms with Crippen LogP contribution in [0.15, 0.2) is 10.3 Å². The van der Waals surface area contributed by atoms with Crippen LogP contribution in [0.5, 0.6) is 0 Å². The monoisotopic (exact) mass is 144 g/mol. The van der Waals surface area contributed by atoms with Gasteiger partial charge in [-0.1, -0.05) is 10.3 Å². The van der Waals surface area contributed by atoms with E-state index in [2.05, 4.69) is 15.0 Å². The molecule has 1 fully saturated rings. The SMILES string of the molecule is O=C1OCC(=NO)C1=NO. The van der Waals surface area contributed by atoms with Gasteiger partial charge in [-0.2, -0.15) is 0 Å². The summed E-state index contributed by atoms with van der Waals surface area (Å²) in [6.45, 7) is -0.144. The Labute approximate surface area is 55.4 Å². The van der Waals surface area contributed by atoms with Gasteiger partial charge in [-0.05, 0) is 0 Å². The molecule has 0 bridgehead atoms. The largest absolute Gasteiger partial charge is 0.454 e. The summed E-state index contributed by atoms with van der Waals surface area (Å²) < 4.78 is 4.34. The molecule has 0 aromatic heterocycles. The summed E-state index contributed by atoms with van der Waals surface area (Å²) in [6.07, 6.45) is 0. The van der Waals surface area contributed by atoms with Crippen molar-refractivity contribution < 1.29 is 19.9 Å². The zero-order valence-electron chi connectivity index (χ0n) is 4.81. The molecule has 0 aromatic carbocycles. The Morgan fingerprint density at radius 3 is 2.50 bits per heavy atom. The quantitative estimate of drug-likeness (QED) is 0.264. The number of ether oxygens (including phenoxy) is 1. The third-order valence-corrected chi connectivity index (χ3v) is 1.03. The van der Waals surface area contributed by atoms with E-state index >= 15 is 0 Å². The molecule has 1 aliphatic rings. The zero-order chi connectivity index (χ0) is 7.56. The first-order chi connectivity index (χ1) is 4.79. The first-order valence-electron chi connectivity index (χ1n) is 2.40. The summed E-state index contributed by atoms with van der Waals surface area (Å²) in [4.78, 5) is 10.5. The molecular weight excluding hydrogens is 140 g/mol. The molecule has 1 saturated heterocycles. The van der Waals surface area contributed by atoms with Crippen molar-refractivity contribution in [3.8, 4) is 0 Å². The molecule has 0 aromatic rings. The van der Waals surface area contributed by atoms with Gasteiger partial charge in [0, 0.05) is 0 Å². The fourth-order valence-electron chi connectivity index (χ4n) is 0.563. The van der Waals surface area contributed by atoms with Crippen molar-refractivity contribution in [2.45, 2.75) is 0 Å². The number of carbonyl (C=O) groups is 1. The van der Waals surface area contributed by atoms with Gasteiger partial charge in [0.2, 0.25) is 5.71 Å². The fraction of sp³-hybridized carbons (Fsp3) is 0.250. The Morgan fingerprint density at radius 2 is 2.10 bits per heavy atom. The molecule has 6 heteroatoms. The maximum Gasteiger partial charge on any atom is 0.362 e. The summed E-state index contributed by atoms with van der Waals surface area (Å²) in [7, 11) is 0. The Hall–Kier alpha value is -1.59. The van der Waals surface area contributed by atoms with E-state index in [-0.39, 0.29) is 18.0 Å². The van der Waals surface area contributed by atoms with Gasteiger partial charge >= 0.3 is 5.97 Å². The summed E-state index contributed by atoms with van der Waals surface area (Å²) in [5.41, 5.74) is -0.407. The summed E-state index contributed by atoms with van der Waals surface area (Å²) in [5, 5.41) is 21.5. The van der Waals surface area contributed by atoms with Crippen LogP contribution in [-0.4, -0.2) is 34.4 Å². The van der Waals surface area contributed by atoms with Crippen LogP contribution in [0.25, 0.3) is 0 Å². The van der Waals surface area contributed by atoms with E-state index in [1.165, 1.54) is 0 Å². The molecule has 54 valence electrons. The Bertz CT molecular complexity index is 219. The minimum Gasteiger partial charge on any atom is -0.454 e. The maximum absolute atomic E-state index is 10.5. The normalized spacial score (nSPS) is 25.8. The molecule has 0 amide bonds. The highest BCUT2D eigenvalue weighted by Gasteiger charge is 2.29. The second-order valence-electron chi connectivity index (χ2n) is 1.57. The molecule has 1 aliphatic heterocycles. The highest BCUT2D eigenvalue weighted by Crippen LogP contribution is 1.99. The van der Waals surface area contributed by atoms with Crippen molar-refractivity contribution in [1.29, 1.82) is 0 Å². The average Bonchev–Trinajstić information content (AvgIpc) is 2.30. The third kappa shape index (κ3) is 0.790. The number of rotatable bonds is 0. The van der Waals surface area contributed by atoms with Gasteiger partial charge in [-0.3, -0.25) is 0 Å².